The summed E-state index contributed by atoms with van der Waals surface area (Å²) in [6, 6.07) is 6.66. The van der Waals surface area contributed by atoms with Gasteiger partial charge in [-0.05, 0) is 37.8 Å². The van der Waals surface area contributed by atoms with Crippen molar-refractivity contribution in [3.63, 3.8) is 0 Å². The van der Waals surface area contributed by atoms with E-state index in [1.165, 1.54) is 18.1 Å². The maximum Gasteiger partial charge on any atom is 0.414 e. The topological polar surface area (TPSA) is 85.3 Å². The minimum absolute atomic E-state index is 0.0959. The number of phenols is 1. The molecule has 2 aromatic carbocycles. The molecule has 28 heavy (non-hydrogen) atoms. The smallest absolute Gasteiger partial charge is 0.414 e. The fraction of sp³-hybridized carbons (Fsp3) is 0.429. The lowest BCUT2D eigenvalue weighted by Gasteiger charge is -2.25. The number of amides is 1. The van der Waals surface area contributed by atoms with Crippen molar-refractivity contribution in [3.05, 3.63) is 35.4 Å². The summed E-state index contributed by atoms with van der Waals surface area (Å²) < 4.78 is 15.7. The fourth-order valence-electron chi connectivity index (χ4n) is 3.64. The van der Waals surface area contributed by atoms with Crippen LogP contribution in [0.1, 0.15) is 42.6 Å². The first-order chi connectivity index (χ1) is 13.2. The van der Waals surface area contributed by atoms with E-state index in [1.807, 2.05) is 6.07 Å². The van der Waals surface area contributed by atoms with Gasteiger partial charge in [0.25, 0.3) is 0 Å². The number of ether oxygens (including phenoxy) is 3. The lowest BCUT2D eigenvalue weighted by Crippen LogP contribution is -2.36. The van der Waals surface area contributed by atoms with Gasteiger partial charge in [0.1, 0.15) is 11.4 Å². The van der Waals surface area contributed by atoms with E-state index in [0.29, 0.717) is 29.6 Å². The van der Waals surface area contributed by atoms with Crippen molar-refractivity contribution in [3.8, 4) is 5.75 Å². The largest absolute Gasteiger partial charge is 0.507 e. The number of hydrogen-bond acceptors (Lipinski definition) is 6. The van der Waals surface area contributed by atoms with Gasteiger partial charge >= 0.3 is 12.1 Å². The summed E-state index contributed by atoms with van der Waals surface area (Å²) >= 11 is 0. The van der Waals surface area contributed by atoms with Crippen LogP contribution in [0.25, 0.3) is 10.8 Å². The molecule has 0 saturated heterocycles. The van der Waals surface area contributed by atoms with Crippen LogP contribution in [0.2, 0.25) is 0 Å². The Balaban J connectivity index is 2.21. The second-order valence-electron chi connectivity index (χ2n) is 7.79. The summed E-state index contributed by atoms with van der Waals surface area (Å²) in [5, 5.41) is 11.8. The van der Waals surface area contributed by atoms with Crippen LogP contribution in [0.15, 0.2) is 24.3 Å². The summed E-state index contributed by atoms with van der Waals surface area (Å²) in [5.41, 5.74) is 1.02. The lowest BCUT2D eigenvalue weighted by atomic mass is 9.92. The summed E-state index contributed by atoms with van der Waals surface area (Å²) in [6.07, 6.45) is -0.491. The molecule has 1 aliphatic heterocycles. The van der Waals surface area contributed by atoms with E-state index in [9.17, 15) is 14.7 Å². The minimum atomic E-state index is -0.645. The fourth-order valence-corrected chi connectivity index (χ4v) is 3.64. The third-order valence-electron chi connectivity index (χ3n) is 4.65. The highest BCUT2D eigenvalue weighted by Gasteiger charge is 2.37. The number of aromatic hydroxyl groups is 1. The number of anilines is 1. The predicted octanol–water partition coefficient (Wildman–Crippen LogP) is 3.82. The van der Waals surface area contributed by atoms with Gasteiger partial charge in [-0.1, -0.05) is 12.1 Å². The molecule has 0 aromatic heterocycles. The number of carbonyl (C=O) groups excluding carboxylic acids is 2. The first kappa shape index (κ1) is 19.9. The number of fused-ring (bicyclic) bond motifs is 3. The number of nitrogens with zero attached hydrogens (tertiary/aromatic N) is 1. The highest BCUT2D eigenvalue weighted by Crippen LogP contribution is 2.46. The van der Waals surface area contributed by atoms with Crippen LogP contribution in [-0.2, 0) is 14.2 Å². The number of methoxy groups -OCH3 is 2. The Morgan fingerprint density at radius 1 is 1.25 bits per heavy atom. The van der Waals surface area contributed by atoms with Crippen molar-refractivity contribution in [1.29, 1.82) is 0 Å². The first-order valence-electron chi connectivity index (χ1n) is 9.04. The number of esters is 1. The highest BCUT2D eigenvalue weighted by molar-refractivity contribution is 6.11. The van der Waals surface area contributed by atoms with E-state index >= 15 is 0 Å². The molecule has 3 rings (SSSR count). The maximum atomic E-state index is 12.7. The average molecular weight is 387 g/mol. The number of rotatable bonds is 3. The van der Waals surface area contributed by atoms with Gasteiger partial charge in [-0.3, -0.25) is 4.90 Å². The van der Waals surface area contributed by atoms with Crippen molar-refractivity contribution in [1.82, 2.24) is 0 Å². The van der Waals surface area contributed by atoms with Crippen molar-refractivity contribution >= 4 is 28.5 Å². The molecule has 0 bridgehead atoms. The second kappa shape index (κ2) is 7.31. The predicted molar refractivity (Wildman–Crippen MR) is 105 cm³/mol. The number of carbonyl (C=O) groups is 2. The van der Waals surface area contributed by atoms with Crippen LogP contribution < -0.4 is 4.90 Å². The Morgan fingerprint density at radius 3 is 2.57 bits per heavy atom. The Labute approximate surface area is 163 Å². The summed E-state index contributed by atoms with van der Waals surface area (Å²) in [4.78, 5) is 26.4. The van der Waals surface area contributed by atoms with Gasteiger partial charge in [-0.25, -0.2) is 9.59 Å². The van der Waals surface area contributed by atoms with Crippen molar-refractivity contribution in [2.24, 2.45) is 0 Å². The maximum absolute atomic E-state index is 12.7. The molecule has 1 N–H and O–H groups in total. The molecule has 2 aromatic rings. The molecule has 0 spiro atoms. The van der Waals surface area contributed by atoms with Crippen LogP contribution in [-0.4, -0.2) is 50.1 Å². The molecule has 1 atom stereocenters. The van der Waals surface area contributed by atoms with Gasteiger partial charge in [0.05, 0.1) is 25.0 Å². The van der Waals surface area contributed by atoms with Gasteiger partial charge in [-0.15, -0.1) is 0 Å². The number of phenolic OH excluding ortho intramolecular Hbond substituents is 1. The van der Waals surface area contributed by atoms with E-state index in [0.717, 1.165) is 5.56 Å². The normalized spacial score (nSPS) is 16.2. The van der Waals surface area contributed by atoms with Crippen molar-refractivity contribution in [2.75, 3.05) is 32.3 Å². The quantitative estimate of drug-likeness (QED) is 0.806. The molecule has 1 aliphatic rings. The van der Waals surface area contributed by atoms with Crippen molar-refractivity contribution < 1.29 is 28.9 Å². The van der Waals surface area contributed by atoms with Crippen LogP contribution >= 0.6 is 0 Å². The molecule has 0 unspecified atom stereocenters. The summed E-state index contributed by atoms with van der Waals surface area (Å²) in [7, 11) is 2.89. The van der Waals surface area contributed by atoms with Crippen LogP contribution in [0, 0.1) is 0 Å². The zero-order valence-corrected chi connectivity index (χ0v) is 16.7. The molecule has 1 heterocycles. The molecular formula is C21H25NO6. The Kier molecular flexibility index (Phi) is 5.21. The molecule has 7 nitrogen and oxygen atoms in total. The second-order valence-corrected chi connectivity index (χ2v) is 7.79. The zero-order chi connectivity index (χ0) is 20.6. The summed E-state index contributed by atoms with van der Waals surface area (Å²) in [6.45, 7) is 6.15. The SMILES string of the molecule is COC[C@@H]1CN(C(=O)OC(C)(C)C)c2cc(O)c3c(C(=O)OC)cccc3c21. The molecule has 150 valence electrons. The van der Waals surface area contributed by atoms with E-state index in [2.05, 4.69) is 0 Å². The molecule has 0 fully saturated rings. The first-order valence-corrected chi connectivity index (χ1v) is 9.04. The van der Waals surface area contributed by atoms with Crippen LogP contribution in [0.3, 0.4) is 0 Å². The average Bonchev–Trinajstić information content (AvgIpc) is 2.98. The molecule has 0 radical (unpaired) electrons. The minimum Gasteiger partial charge on any atom is -0.507 e. The Hall–Kier alpha value is -2.80. The van der Waals surface area contributed by atoms with Gasteiger partial charge < -0.3 is 19.3 Å². The molecule has 7 heteroatoms. The standard InChI is InChI=1S/C21H25NO6/c1-21(2,3)28-20(25)22-10-12(11-26-4)17-13-7-6-8-14(19(24)27-5)18(13)16(23)9-15(17)22/h6-9,12,23H,10-11H2,1-5H3/t12-/m0/s1. The lowest BCUT2D eigenvalue weighted by molar-refractivity contribution is 0.0575. The molecule has 0 aliphatic carbocycles. The third-order valence-corrected chi connectivity index (χ3v) is 4.65. The molecule has 1 amide bonds. The van der Waals surface area contributed by atoms with Gasteiger partial charge in [0, 0.05) is 31.0 Å². The van der Waals surface area contributed by atoms with E-state index in [1.54, 1.807) is 40.0 Å². The van der Waals surface area contributed by atoms with Crippen LogP contribution in [0.5, 0.6) is 5.75 Å². The number of benzene rings is 2. The Morgan fingerprint density at radius 2 is 1.96 bits per heavy atom. The third kappa shape index (κ3) is 3.49. The van der Waals surface area contributed by atoms with Gasteiger partial charge in [0.2, 0.25) is 0 Å². The molecule has 0 saturated carbocycles. The number of hydrogen-bond donors (Lipinski definition) is 1. The van der Waals surface area contributed by atoms with E-state index < -0.39 is 17.7 Å². The van der Waals surface area contributed by atoms with E-state index in [-0.39, 0.29) is 17.2 Å². The van der Waals surface area contributed by atoms with Gasteiger partial charge in [0.15, 0.2) is 0 Å². The monoisotopic (exact) mass is 387 g/mol. The molecular weight excluding hydrogens is 362 g/mol. The van der Waals surface area contributed by atoms with Crippen LogP contribution in [0.4, 0.5) is 10.5 Å². The Bertz CT molecular complexity index is 931. The van der Waals surface area contributed by atoms with Gasteiger partial charge in [-0.2, -0.15) is 0 Å². The van der Waals surface area contributed by atoms with E-state index in [4.69, 9.17) is 14.2 Å². The highest BCUT2D eigenvalue weighted by atomic mass is 16.6. The zero-order valence-electron chi connectivity index (χ0n) is 16.7. The van der Waals surface area contributed by atoms with Crippen molar-refractivity contribution in [2.45, 2.75) is 32.3 Å². The summed E-state index contributed by atoms with van der Waals surface area (Å²) in [5.74, 6) is -0.754.